The topological polar surface area (TPSA) is 181 Å². The van der Waals surface area contributed by atoms with Gasteiger partial charge in [-0.15, -0.1) is 0 Å². The van der Waals surface area contributed by atoms with E-state index in [1.54, 1.807) is 20.8 Å². The Balaban J connectivity index is 1.18. The summed E-state index contributed by atoms with van der Waals surface area (Å²) in [7, 11) is 0. The number of halogens is 1. The van der Waals surface area contributed by atoms with Gasteiger partial charge in [-0.3, -0.25) is 4.79 Å². The zero-order valence-corrected chi connectivity index (χ0v) is 24.8. The van der Waals surface area contributed by atoms with Crippen LogP contribution in [0.25, 0.3) is 0 Å². The lowest BCUT2D eigenvalue weighted by molar-refractivity contribution is -0.121. The number of nitrogens with one attached hydrogen (secondary N) is 6. The SMILES string of the molecule is CC(C)(C)OC(=O)NCCNc1nc(Cl)nc(NCCOCCNC(=O)CCCC[C@@H]2SC[C@@H]3NC(=O)N[C@@H]32)n1. The van der Waals surface area contributed by atoms with Crippen molar-refractivity contribution in [2.24, 2.45) is 0 Å². The van der Waals surface area contributed by atoms with Gasteiger partial charge in [-0.05, 0) is 45.2 Å². The fraction of sp³-hybridized carbons (Fsp3) is 0.750. The number of fused-ring (bicyclic) bond motifs is 1. The quantitative estimate of drug-likeness (QED) is 0.120. The van der Waals surface area contributed by atoms with Crippen LogP contribution in [0.3, 0.4) is 0 Å². The van der Waals surface area contributed by atoms with Crippen LogP contribution in [0.4, 0.5) is 21.5 Å². The van der Waals surface area contributed by atoms with E-state index in [1.807, 2.05) is 11.8 Å². The van der Waals surface area contributed by atoms with Gasteiger partial charge in [0.2, 0.25) is 23.1 Å². The molecule has 14 nitrogen and oxygen atoms in total. The van der Waals surface area contributed by atoms with Gasteiger partial charge in [0, 0.05) is 43.6 Å². The van der Waals surface area contributed by atoms with Gasteiger partial charge in [-0.2, -0.15) is 26.7 Å². The fourth-order valence-electron chi connectivity index (χ4n) is 4.12. The van der Waals surface area contributed by atoms with E-state index >= 15 is 0 Å². The van der Waals surface area contributed by atoms with E-state index in [0.717, 1.165) is 25.0 Å². The minimum Gasteiger partial charge on any atom is -0.444 e. The summed E-state index contributed by atoms with van der Waals surface area (Å²) < 4.78 is 10.7. The normalized spacial score (nSPS) is 19.8. The van der Waals surface area contributed by atoms with Crippen LogP contribution in [-0.4, -0.2) is 101 Å². The Kier molecular flexibility index (Phi) is 12.6. The smallest absolute Gasteiger partial charge is 0.407 e. The van der Waals surface area contributed by atoms with Crippen molar-refractivity contribution in [3.05, 3.63) is 5.28 Å². The van der Waals surface area contributed by atoms with Crippen molar-refractivity contribution in [1.29, 1.82) is 0 Å². The van der Waals surface area contributed by atoms with Crippen molar-refractivity contribution in [3.63, 3.8) is 0 Å². The number of nitrogens with zero attached hydrogens (tertiary/aromatic N) is 3. The van der Waals surface area contributed by atoms with E-state index in [-0.39, 0.29) is 41.2 Å². The van der Waals surface area contributed by atoms with Gasteiger partial charge < -0.3 is 41.4 Å². The Bertz CT molecular complexity index is 1000. The molecule has 0 unspecified atom stereocenters. The second-order valence-electron chi connectivity index (χ2n) is 10.4. The van der Waals surface area contributed by atoms with Crippen molar-refractivity contribution in [2.45, 2.75) is 69.4 Å². The lowest BCUT2D eigenvalue weighted by Crippen LogP contribution is -2.36. The predicted molar refractivity (Wildman–Crippen MR) is 154 cm³/mol. The molecule has 3 atom stereocenters. The third kappa shape index (κ3) is 11.8. The minimum absolute atomic E-state index is 0.00987. The van der Waals surface area contributed by atoms with Crippen LogP contribution in [-0.2, 0) is 14.3 Å². The highest BCUT2D eigenvalue weighted by atomic mass is 35.5. The molecular formula is C24H40ClN9O5S. The number of amides is 4. The molecule has 0 bridgehead atoms. The highest BCUT2D eigenvalue weighted by Gasteiger charge is 2.42. The number of carbonyl (C=O) groups excluding carboxylic acids is 3. The summed E-state index contributed by atoms with van der Waals surface area (Å²) in [4.78, 5) is 47.5. The Hall–Kier alpha value is -2.78. The number of alkyl carbamates (subject to hydrolysis) is 1. The predicted octanol–water partition coefficient (Wildman–Crippen LogP) is 1.73. The first-order valence-electron chi connectivity index (χ1n) is 13.5. The summed E-state index contributed by atoms with van der Waals surface area (Å²) in [6, 6.07) is 0.368. The molecular weight excluding hydrogens is 562 g/mol. The molecule has 0 saturated carbocycles. The van der Waals surface area contributed by atoms with Crippen LogP contribution >= 0.6 is 23.4 Å². The van der Waals surface area contributed by atoms with Crippen LogP contribution in [0.2, 0.25) is 5.28 Å². The number of ether oxygens (including phenoxy) is 2. The first-order valence-corrected chi connectivity index (χ1v) is 14.9. The fourth-order valence-corrected chi connectivity index (χ4v) is 5.83. The zero-order chi connectivity index (χ0) is 29.0. The largest absolute Gasteiger partial charge is 0.444 e. The summed E-state index contributed by atoms with van der Waals surface area (Å²) in [5, 5.41) is 17.9. The third-order valence-corrected chi connectivity index (χ3v) is 7.54. The second kappa shape index (κ2) is 15.9. The molecule has 0 aromatic carbocycles. The molecule has 4 amide bonds. The summed E-state index contributed by atoms with van der Waals surface area (Å²) in [5.74, 6) is 1.52. The van der Waals surface area contributed by atoms with Crippen LogP contribution in [0.1, 0.15) is 46.5 Å². The Morgan fingerprint density at radius 2 is 1.73 bits per heavy atom. The second-order valence-corrected chi connectivity index (χ2v) is 12.0. The number of thioether (sulfide) groups is 1. The van der Waals surface area contributed by atoms with Crippen LogP contribution in [0.5, 0.6) is 0 Å². The molecule has 224 valence electrons. The summed E-state index contributed by atoms with van der Waals surface area (Å²) >= 11 is 7.87. The van der Waals surface area contributed by atoms with Gasteiger partial charge in [-0.1, -0.05) is 6.42 Å². The standard InChI is InChI=1S/C24H40ClN9O5S/c1-24(2,3)39-23(37)29-9-8-27-20-32-19(25)33-21(34-20)28-11-13-38-12-10-26-17(35)7-5-4-6-16-18-15(14-40-16)30-22(36)31-18/h15-16,18H,4-14H2,1-3H3,(H,26,35)(H,29,37)(H2,30,31,36)(H2,27,28,32,33,34)/t15-,16-,18-/m0/s1. The van der Waals surface area contributed by atoms with Crippen molar-refractivity contribution in [1.82, 2.24) is 36.2 Å². The average Bonchev–Trinajstić information content (AvgIpc) is 3.41. The molecule has 16 heteroatoms. The molecule has 6 N–H and O–H groups in total. The maximum Gasteiger partial charge on any atom is 0.407 e. The lowest BCUT2D eigenvalue weighted by atomic mass is 10.0. The number of aromatic nitrogens is 3. The van der Waals surface area contributed by atoms with E-state index in [0.29, 0.717) is 51.1 Å². The van der Waals surface area contributed by atoms with Crippen LogP contribution in [0.15, 0.2) is 0 Å². The van der Waals surface area contributed by atoms with E-state index in [1.165, 1.54) is 0 Å². The molecule has 0 spiro atoms. The van der Waals surface area contributed by atoms with Crippen molar-refractivity contribution in [3.8, 4) is 0 Å². The number of urea groups is 1. The van der Waals surface area contributed by atoms with Crippen molar-refractivity contribution in [2.75, 3.05) is 55.8 Å². The number of hydrogen-bond acceptors (Lipinski definition) is 11. The molecule has 1 aromatic rings. The Morgan fingerprint density at radius 3 is 2.48 bits per heavy atom. The van der Waals surface area contributed by atoms with Gasteiger partial charge in [-0.25, -0.2) is 9.59 Å². The van der Waals surface area contributed by atoms with Crippen molar-refractivity contribution >= 4 is 53.3 Å². The summed E-state index contributed by atoms with van der Waals surface area (Å²) in [5.41, 5.74) is -0.563. The monoisotopic (exact) mass is 601 g/mol. The molecule has 0 radical (unpaired) electrons. The number of unbranched alkanes of at least 4 members (excludes halogenated alkanes) is 1. The Morgan fingerprint density at radius 1 is 1.00 bits per heavy atom. The minimum atomic E-state index is -0.563. The highest BCUT2D eigenvalue weighted by Crippen LogP contribution is 2.33. The lowest BCUT2D eigenvalue weighted by Gasteiger charge is -2.19. The molecule has 40 heavy (non-hydrogen) atoms. The first-order chi connectivity index (χ1) is 19.1. The Labute approximate surface area is 243 Å². The van der Waals surface area contributed by atoms with Gasteiger partial charge in [0.05, 0.1) is 25.3 Å². The molecule has 2 saturated heterocycles. The number of carbonyl (C=O) groups is 3. The van der Waals surface area contributed by atoms with Gasteiger partial charge >= 0.3 is 12.1 Å². The molecule has 2 aliphatic heterocycles. The van der Waals surface area contributed by atoms with Crippen LogP contribution < -0.4 is 31.9 Å². The van der Waals surface area contributed by atoms with E-state index in [4.69, 9.17) is 21.1 Å². The van der Waals surface area contributed by atoms with Gasteiger partial charge in [0.25, 0.3) is 0 Å². The molecule has 2 fully saturated rings. The van der Waals surface area contributed by atoms with Gasteiger partial charge in [0.1, 0.15) is 5.60 Å². The molecule has 3 rings (SSSR count). The maximum atomic E-state index is 12.1. The highest BCUT2D eigenvalue weighted by molar-refractivity contribution is 8.00. The van der Waals surface area contributed by atoms with Crippen molar-refractivity contribution < 1.29 is 23.9 Å². The maximum absolute atomic E-state index is 12.1. The number of rotatable bonds is 16. The molecule has 1 aromatic heterocycles. The number of hydrogen-bond donors (Lipinski definition) is 6. The molecule has 2 aliphatic rings. The zero-order valence-electron chi connectivity index (χ0n) is 23.2. The molecule has 0 aliphatic carbocycles. The molecule has 3 heterocycles. The summed E-state index contributed by atoms with van der Waals surface area (Å²) in [6.45, 7) is 7.69. The number of anilines is 2. The third-order valence-electron chi connectivity index (χ3n) is 5.86. The van der Waals surface area contributed by atoms with Crippen LogP contribution in [0, 0.1) is 0 Å². The van der Waals surface area contributed by atoms with E-state index in [2.05, 4.69) is 46.9 Å². The average molecular weight is 602 g/mol. The summed E-state index contributed by atoms with van der Waals surface area (Å²) in [6.07, 6.45) is 2.74. The van der Waals surface area contributed by atoms with E-state index < -0.39 is 11.7 Å². The first kappa shape index (κ1) is 31.7. The van der Waals surface area contributed by atoms with Gasteiger partial charge in [0.15, 0.2) is 0 Å². The van der Waals surface area contributed by atoms with E-state index in [9.17, 15) is 14.4 Å².